The van der Waals surface area contributed by atoms with Crippen molar-refractivity contribution in [2.45, 2.75) is 0 Å². The van der Waals surface area contributed by atoms with Crippen molar-refractivity contribution in [3.8, 4) is 11.4 Å². The van der Waals surface area contributed by atoms with Crippen molar-refractivity contribution >= 4 is 38.5 Å². The third kappa shape index (κ3) is 1.97. The zero-order valence-corrected chi connectivity index (χ0v) is 13.4. The van der Waals surface area contributed by atoms with E-state index in [4.69, 9.17) is 0 Å². The van der Waals surface area contributed by atoms with Crippen LogP contribution in [-0.4, -0.2) is 24.9 Å². The highest BCUT2D eigenvalue weighted by atomic mass is 16.6. The molecule has 0 saturated heterocycles. The Morgan fingerprint density at radius 2 is 1.54 bits per heavy atom. The van der Waals surface area contributed by atoms with Crippen LogP contribution in [0.1, 0.15) is 0 Å². The highest BCUT2D eigenvalue weighted by Crippen LogP contribution is 2.35. The molecule has 0 amide bonds. The zero-order chi connectivity index (χ0) is 17.7. The number of aromatic amines is 1. The average molecular weight is 341 g/mol. The van der Waals surface area contributed by atoms with E-state index in [9.17, 15) is 10.1 Å². The number of nitrogens with zero attached hydrogens (tertiary/aromatic N) is 4. The minimum Gasteiger partial charge on any atom is -0.337 e. The third-order valence-corrected chi connectivity index (χ3v) is 4.42. The minimum absolute atomic E-state index is 0.0106. The number of nitro benzene ring substituents is 1. The topological polar surface area (TPSA) is 97.6 Å². The van der Waals surface area contributed by atoms with E-state index in [1.54, 1.807) is 30.6 Å². The van der Waals surface area contributed by atoms with E-state index in [1.165, 1.54) is 6.07 Å². The third-order valence-electron chi connectivity index (χ3n) is 4.42. The fourth-order valence-electron chi connectivity index (χ4n) is 3.30. The van der Waals surface area contributed by atoms with Crippen LogP contribution in [0.5, 0.6) is 0 Å². The number of fused-ring (bicyclic) bond motifs is 6. The Morgan fingerprint density at radius 3 is 2.31 bits per heavy atom. The summed E-state index contributed by atoms with van der Waals surface area (Å²) in [5.74, 6) is 0.453. The number of hydrogen-bond acceptors (Lipinski definition) is 5. The Kier molecular flexibility index (Phi) is 2.96. The van der Waals surface area contributed by atoms with Crippen LogP contribution in [0.3, 0.4) is 0 Å². The molecule has 0 atom stereocenters. The maximum Gasteiger partial charge on any atom is 0.280 e. The molecule has 2 aromatic carbocycles. The van der Waals surface area contributed by atoms with Crippen molar-refractivity contribution < 1.29 is 4.92 Å². The van der Waals surface area contributed by atoms with Crippen LogP contribution < -0.4 is 0 Å². The molecular weight excluding hydrogens is 330 g/mol. The molecule has 0 aliphatic heterocycles. The predicted octanol–water partition coefficient (Wildman–Crippen LogP) is 4.23. The first-order valence-electron chi connectivity index (χ1n) is 7.99. The fourth-order valence-corrected chi connectivity index (χ4v) is 3.30. The van der Waals surface area contributed by atoms with Crippen molar-refractivity contribution in [1.82, 2.24) is 19.9 Å². The first kappa shape index (κ1) is 14.5. The summed E-state index contributed by atoms with van der Waals surface area (Å²) in [7, 11) is 0. The number of nitro groups is 1. The van der Waals surface area contributed by atoms with Crippen LogP contribution >= 0.6 is 0 Å². The van der Waals surface area contributed by atoms with Crippen LogP contribution in [0.15, 0.2) is 60.9 Å². The molecule has 0 bridgehead atoms. The number of nitrogens with one attached hydrogen (secondary N) is 1. The Balaban J connectivity index is 1.94. The normalized spacial score (nSPS) is 11.4. The minimum atomic E-state index is -0.401. The molecule has 124 valence electrons. The van der Waals surface area contributed by atoms with Gasteiger partial charge >= 0.3 is 0 Å². The van der Waals surface area contributed by atoms with E-state index < -0.39 is 4.92 Å². The molecule has 3 aromatic heterocycles. The molecular formula is C19H11N5O2. The van der Waals surface area contributed by atoms with Gasteiger partial charge in [-0.2, -0.15) is 0 Å². The molecule has 0 unspecified atom stereocenters. The number of imidazole rings is 1. The van der Waals surface area contributed by atoms with Crippen LogP contribution in [0, 0.1) is 10.1 Å². The number of benzene rings is 2. The summed E-state index contributed by atoms with van der Waals surface area (Å²) < 4.78 is 0. The number of hydrogen-bond donors (Lipinski definition) is 1. The molecule has 5 aromatic rings. The second kappa shape index (κ2) is 5.32. The number of H-pyrrole nitrogens is 1. The van der Waals surface area contributed by atoms with E-state index in [1.807, 2.05) is 24.3 Å². The molecule has 7 heteroatoms. The Morgan fingerprint density at radius 1 is 0.846 bits per heavy atom. The lowest BCUT2D eigenvalue weighted by molar-refractivity contribution is -0.384. The Labute approximate surface area is 146 Å². The smallest absolute Gasteiger partial charge is 0.280 e. The first-order chi connectivity index (χ1) is 12.7. The van der Waals surface area contributed by atoms with Gasteiger partial charge in [0.1, 0.15) is 5.82 Å². The lowest BCUT2D eigenvalue weighted by atomic mass is 10.1. The number of pyridine rings is 2. The zero-order valence-electron chi connectivity index (χ0n) is 13.4. The van der Waals surface area contributed by atoms with Crippen molar-refractivity contribution in [2.24, 2.45) is 0 Å². The van der Waals surface area contributed by atoms with Crippen molar-refractivity contribution in [3.63, 3.8) is 0 Å². The molecule has 1 N–H and O–H groups in total. The number of para-hydroxylation sites is 1. The maximum absolute atomic E-state index is 11.4. The first-order valence-corrected chi connectivity index (χ1v) is 7.99. The van der Waals surface area contributed by atoms with E-state index in [2.05, 4.69) is 19.9 Å². The predicted molar refractivity (Wildman–Crippen MR) is 98.8 cm³/mol. The highest BCUT2D eigenvalue weighted by molar-refractivity contribution is 6.21. The van der Waals surface area contributed by atoms with Gasteiger partial charge in [0.2, 0.25) is 0 Å². The van der Waals surface area contributed by atoms with Gasteiger partial charge in [0.15, 0.2) is 0 Å². The number of rotatable bonds is 2. The molecule has 26 heavy (non-hydrogen) atoms. The quantitative estimate of drug-likeness (QED) is 0.294. The van der Waals surface area contributed by atoms with Gasteiger partial charge in [-0.1, -0.05) is 12.1 Å². The molecule has 3 heterocycles. The second-order valence-corrected chi connectivity index (χ2v) is 5.88. The van der Waals surface area contributed by atoms with Crippen molar-refractivity contribution in [1.29, 1.82) is 0 Å². The van der Waals surface area contributed by atoms with Gasteiger partial charge < -0.3 is 4.98 Å². The standard InChI is InChI=1S/C19H11N5O2/c25-24(26)14-8-2-1-5-11(14)19-22-17-12-6-3-9-20-15(12)16-13(18(17)23-19)7-4-10-21-16/h1-10H,(H,22,23). The van der Waals surface area contributed by atoms with Gasteiger partial charge in [0.05, 0.1) is 32.6 Å². The van der Waals surface area contributed by atoms with Crippen LogP contribution in [0.4, 0.5) is 5.69 Å². The van der Waals surface area contributed by atoms with Crippen molar-refractivity contribution in [3.05, 3.63) is 71.0 Å². The summed E-state index contributed by atoms with van der Waals surface area (Å²) >= 11 is 0. The van der Waals surface area contributed by atoms with Gasteiger partial charge in [-0.25, -0.2) is 4.98 Å². The van der Waals surface area contributed by atoms with E-state index in [-0.39, 0.29) is 5.69 Å². The summed E-state index contributed by atoms with van der Waals surface area (Å²) in [6.45, 7) is 0. The fraction of sp³-hybridized carbons (Fsp3) is 0. The summed E-state index contributed by atoms with van der Waals surface area (Å²) in [5, 5.41) is 13.1. The highest BCUT2D eigenvalue weighted by Gasteiger charge is 2.20. The van der Waals surface area contributed by atoms with E-state index >= 15 is 0 Å². The summed E-state index contributed by atoms with van der Waals surface area (Å²) in [6, 6.07) is 14.1. The molecule has 7 nitrogen and oxygen atoms in total. The lowest BCUT2D eigenvalue weighted by Crippen LogP contribution is -1.92. The van der Waals surface area contributed by atoms with Crippen LogP contribution in [-0.2, 0) is 0 Å². The van der Waals surface area contributed by atoms with Crippen LogP contribution in [0.2, 0.25) is 0 Å². The molecule has 0 saturated carbocycles. The van der Waals surface area contributed by atoms with Crippen molar-refractivity contribution in [2.75, 3.05) is 0 Å². The van der Waals surface area contributed by atoms with Gasteiger partial charge in [0.25, 0.3) is 5.69 Å². The van der Waals surface area contributed by atoms with Gasteiger partial charge in [-0.3, -0.25) is 20.1 Å². The largest absolute Gasteiger partial charge is 0.337 e. The van der Waals surface area contributed by atoms with E-state index in [0.29, 0.717) is 11.4 Å². The summed E-state index contributed by atoms with van der Waals surface area (Å²) in [6.07, 6.45) is 3.44. The van der Waals surface area contributed by atoms with Gasteiger partial charge in [-0.05, 0) is 30.3 Å². The Bertz CT molecular complexity index is 1250. The monoisotopic (exact) mass is 341 g/mol. The summed E-state index contributed by atoms with van der Waals surface area (Å²) in [5.41, 5.74) is 3.51. The van der Waals surface area contributed by atoms with Crippen LogP contribution in [0.25, 0.3) is 44.2 Å². The summed E-state index contributed by atoms with van der Waals surface area (Å²) in [4.78, 5) is 27.8. The molecule has 0 fully saturated rings. The molecule has 0 radical (unpaired) electrons. The molecule has 5 rings (SSSR count). The molecule has 0 spiro atoms. The average Bonchev–Trinajstić information content (AvgIpc) is 3.14. The van der Waals surface area contributed by atoms with Gasteiger partial charge in [0, 0.05) is 29.2 Å². The molecule has 0 aliphatic rings. The Hall–Kier alpha value is -3.87. The molecule has 0 aliphatic carbocycles. The lowest BCUT2D eigenvalue weighted by Gasteiger charge is -2.03. The number of aromatic nitrogens is 4. The second-order valence-electron chi connectivity index (χ2n) is 5.88. The maximum atomic E-state index is 11.4. The van der Waals surface area contributed by atoms with Gasteiger partial charge in [-0.15, -0.1) is 0 Å². The SMILES string of the molecule is O=[N+]([O-])c1ccccc1-c1nc2c3cccnc3c3ncccc3c2[nH]1. The van der Waals surface area contributed by atoms with E-state index in [0.717, 1.165) is 32.8 Å².